The molecule has 0 radical (unpaired) electrons. The quantitative estimate of drug-likeness (QED) is 0.674. The molecule has 0 bridgehead atoms. The number of fused-ring (bicyclic) bond motifs is 1. The van der Waals surface area contributed by atoms with E-state index in [9.17, 15) is 0 Å². The van der Waals surface area contributed by atoms with Gasteiger partial charge >= 0.3 is 0 Å². The Morgan fingerprint density at radius 2 is 1.96 bits per heavy atom. The van der Waals surface area contributed by atoms with E-state index < -0.39 is 0 Å². The van der Waals surface area contributed by atoms with E-state index in [2.05, 4.69) is 34.9 Å². The number of methoxy groups -OCH3 is 1. The van der Waals surface area contributed by atoms with Crippen molar-refractivity contribution >= 4 is 28.4 Å². The predicted octanol–water partition coefficient (Wildman–Crippen LogP) is 4.26. The molecule has 28 heavy (non-hydrogen) atoms. The summed E-state index contributed by atoms with van der Waals surface area (Å²) in [4.78, 5) is 13.6. The van der Waals surface area contributed by atoms with Gasteiger partial charge in [0.15, 0.2) is 5.65 Å². The van der Waals surface area contributed by atoms with E-state index in [-0.39, 0.29) is 0 Å². The number of hydrogen-bond acceptors (Lipinski definition) is 5. The lowest BCUT2D eigenvalue weighted by molar-refractivity contribution is 0.411. The molecule has 0 aliphatic carbocycles. The van der Waals surface area contributed by atoms with Crippen LogP contribution >= 0.6 is 0 Å². The smallest absolute Gasteiger partial charge is 0.202 e. The Bertz CT molecular complexity index is 1090. The maximum atomic E-state index is 6.22. The number of hydrogen-bond donors (Lipinski definition) is 1. The normalized spacial score (nSPS) is 11.7. The topological polar surface area (TPSA) is 78.3 Å². The van der Waals surface area contributed by atoms with Gasteiger partial charge in [-0.1, -0.05) is 17.7 Å². The zero-order valence-corrected chi connectivity index (χ0v) is 17.4. The minimum Gasteiger partial charge on any atom is -0.496 e. The van der Waals surface area contributed by atoms with E-state index in [0.717, 1.165) is 44.9 Å². The summed E-state index contributed by atoms with van der Waals surface area (Å²) in [5.74, 6) is 1.30. The number of anilines is 1. The number of imidazole rings is 1. The third-order valence-electron chi connectivity index (χ3n) is 4.91. The largest absolute Gasteiger partial charge is 0.496 e. The Balaban J connectivity index is 2.05. The number of nitrogen functional groups attached to an aromatic ring is 1. The lowest BCUT2D eigenvalue weighted by atomic mass is 9.99. The Kier molecular flexibility index (Phi) is 5.49. The molecule has 0 aliphatic heterocycles. The van der Waals surface area contributed by atoms with Crippen molar-refractivity contribution in [3.63, 3.8) is 0 Å². The first kappa shape index (κ1) is 19.6. The Labute approximate surface area is 165 Å². The number of aliphatic imine (C=N–C) groups is 1. The van der Waals surface area contributed by atoms with Gasteiger partial charge in [-0.15, -0.1) is 0 Å². The van der Waals surface area contributed by atoms with E-state index in [1.807, 2.05) is 42.8 Å². The van der Waals surface area contributed by atoms with Gasteiger partial charge in [0.25, 0.3) is 0 Å². The summed E-state index contributed by atoms with van der Waals surface area (Å²) in [5.41, 5.74) is 14.2. The van der Waals surface area contributed by atoms with Gasteiger partial charge in [-0.3, -0.25) is 9.56 Å². The van der Waals surface area contributed by atoms with Gasteiger partial charge in [0.2, 0.25) is 5.95 Å². The number of rotatable bonds is 5. The molecule has 0 saturated heterocycles. The first-order valence-corrected chi connectivity index (χ1v) is 9.22. The fraction of sp³-hybridized carbons (Fsp3) is 0.318. The van der Waals surface area contributed by atoms with Crippen LogP contribution < -0.4 is 10.5 Å². The number of aromatic nitrogens is 3. The van der Waals surface area contributed by atoms with Gasteiger partial charge in [0.1, 0.15) is 11.3 Å². The van der Waals surface area contributed by atoms with Crippen LogP contribution in [0.1, 0.15) is 37.5 Å². The first-order chi connectivity index (χ1) is 13.3. The van der Waals surface area contributed by atoms with Crippen LogP contribution in [0.3, 0.4) is 0 Å². The van der Waals surface area contributed by atoms with Crippen LogP contribution in [0.4, 0.5) is 5.95 Å². The zero-order chi connectivity index (χ0) is 20.4. The number of allylic oxidation sites excluding steroid dienone is 2. The molecule has 2 heterocycles. The maximum Gasteiger partial charge on any atom is 0.202 e. The van der Waals surface area contributed by atoms with Crippen LogP contribution in [0.2, 0.25) is 0 Å². The van der Waals surface area contributed by atoms with Crippen molar-refractivity contribution in [3.05, 3.63) is 52.7 Å². The summed E-state index contributed by atoms with van der Waals surface area (Å²) in [6, 6.07) is 8.17. The number of nitrogens with two attached hydrogens (primary N) is 1. The minimum atomic E-state index is 0.443. The van der Waals surface area contributed by atoms with Crippen LogP contribution in [0.15, 0.2) is 41.0 Å². The maximum absolute atomic E-state index is 6.22. The first-order valence-electron chi connectivity index (χ1n) is 9.22. The number of ether oxygens (including phenoxy) is 1. The summed E-state index contributed by atoms with van der Waals surface area (Å²) >= 11 is 0. The highest BCUT2D eigenvalue weighted by atomic mass is 16.5. The molecule has 0 fully saturated rings. The van der Waals surface area contributed by atoms with Crippen LogP contribution in [0, 0.1) is 6.92 Å². The van der Waals surface area contributed by atoms with Gasteiger partial charge < -0.3 is 10.5 Å². The second kappa shape index (κ2) is 7.84. The SMILES string of the molecule is CN=C(C)C(=C(C)C)c1cnc2c(c1)nc(N)n2Cc1ccc(C)c(OC)c1. The number of nitrogens with zero attached hydrogens (tertiary/aromatic N) is 4. The summed E-state index contributed by atoms with van der Waals surface area (Å²) in [5, 5.41) is 0. The van der Waals surface area contributed by atoms with Crippen LogP contribution in [0.5, 0.6) is 5.75 Å². The summed E-state index contributed by atoms with van der Waals surface area (Å²) in [6.45, 7) is 8.76. The lowest BCUT2D eigenvalue weighted by Crippen LogP contribution is -2.06. The molecule has 3 aromatic rings. The van der Waals surface area contributed by atoms with Crippen molar-refractivity contribution in [1.29, 1.82) is 0 Å². The van der Waals surface area contributed by atoms with E-state index in [4.69, 9.17) is 10.5 Å². The molecule has 0 atom stereocenters. The molecule has 2 aromatic heterocycles. The lowest BCUT2D eigenvalue weighted by Gasteiger charge is -2.11. The van der Waals surface area contributed by atoms with Crippen molar-refractivity contribution in [2.75, 3.05) is 19.9 Å². The summed E-state index contributed by atoms with van der Waals surface area (Å²) in [6.07, 6.45) is 1.87. The second-order valence-corrected chi connectivity index (χ2v) is 7.11. The fourth-order valence-corrected chi connectivity index (χ4v) is 3.44. The third-order valence-corrected chi connectivity index (χ3v) is 4.91. The third kappa shape index (κ3) is 3.63. The highest BCUT2D eigenvalue weighted by Crippen LogP contribution is 2.26. The predicted molar refractivity (Wildman–Crippen MR) is 116 cm³/mol. The molecule has 0 aliphatic rings. The molecule has 0 unspecified atom stereocenters. The molecule has 146 valence electrons. The highest BCUT2D eigenvalue weighted by molar-refractivity contribution is 6.23. The van der Waals surface area contributed by atoms with Crippen molar-refractivity contribution in [2.24, 2.45) is 4.99 Å². The molecule has 6 nitrogen and oxygen atoms in total. The molecule has 2 N–H and O–H groups in total. The van der Waals surface area contributed by atoms with E-state index in [1.54, 1.807) is 14.2 Å². The van der Waals surface area contributed by atoms with E-state index in [1.165, 1.54) is 5.57 Å². The molecule has 0 amide bonds. The molecule has 0 spiro atoms. The van der Waals surface area contributed by atoms with Gasteiger partial charge in [-0.2, -0.15) is 0 Å². The summed E-state index contributed by atoms with van der Waals surface area (Å²) < 4.78 is 7.35. The minimum absolute atomic E-state index is 0.443. The number of pyridine rings is 1. The van der Waals surface area contributed by atoms with E-state index >= 15 is 0 Å². The molecule has 6 heteroatoms. The molecule has 1 aromatic carbocycles. The highest BCUT2D eigenvalue weighted by Gasteiger charge is 2.14. The molecule has 0 saturated carbocycles. The van der Waals surface area contributed by atoms with Gasteiger partial charge in [-0.25, -0.2) is 9.97 Å². The van der Waals surface area contributed by atoms with Crippen molar-refractivity contribution in [3.8, 4) is 5.75 Å². The van der Waals surface area contributed by atoms with Crippen molar-refractivity contribution < 1.29 is 4.74 Å². The van der Waals surface area contributed by atoms with E-state index in [0.29, 0.717) is 12.5 Å². The summed E-state index contributed by atoms with van der Waals surface area (Å²) in [7, 11) is 3.48. The monoisotopic (exact) mass is 377 g/mol. The molecular formula is C22H27N5O. The number of benzene rings is 1. The zero-order valence-electron chi connectivity index (χ0n) is 17.4. The van der Waals surface area contributed by atoms with Gasteiger partial charge in [-0.05, 0) is 51.0 Å². The van der Waals surface area contributed by atoms with Crippen molar-refractivity contribution in [2.45, 2.75) is 34.2 Å². The average molecular weight is 377 g/mol. The van der Waals surface area contributed by atoms with Crippen molar-refractivity contribution in [1.82, 2.24) is 14.5 Å². The van der Waals surface area contributed by atoms with Gasteiger partial charge in [0.05, 0.1) is 13.7 Å². The van der Waals surface area contributed by atoms with Gasteiger partial charge in [0, 0.05) is 30.1 Å². The van der Waals surface area contributed by atoms with Crippen LogP contribution in [-0.2, 0) is 6.54 Å². The van der Waals surface area contributed by atoms with Crippen LogP contribution in [0.25, 0.3) is 16.7 Å². The standard InChI is InChI=1S/C22H27N5O/c1-13(2)20(15(4)24-5)17-10-18-21(25-11-17)27(22(23)26-18)12-16-8-7-14(3)19(9-16)28-6/h7-11H,12H2,1-6H3,(H2,23,26). The fourth-order valence-electron chi connectivity index (χ4n) is 3.44. The Morgan fingerprint density at radius 1 is 1.21 bits per heavy atom. The average Bonchev–Trinajstić information content (AvgIpc) is 2.97. The molecule has 3 rings (SSSR count). The Hall–Kier alpha value is -3.15. The molecular weight excluding hydrogens is 350 g/mol. The number of aryl methyl sites for hydroxylation is 1. The Morgan fingerprint density at radius 3 is 2.61 bits per heavy atom. The van der Waals surface area contributed by atoms with Crippen LogP contribution in [-0.4, -0.2) is 34.4 Å². The second-order valence-electron chi connectivity index (χ2n) is 7.11.